The summed E-state index contributed by atoms with van der Waals surface area (Å²) in [5.41, 5.74) is 2.77. The Balaban J connectivity index is 1.60. The van der Waals surface area contributed by atoms with Gasteiger partial charge in [-0.2, -0.15) is 0 Å². The first kappa shape index (κ1) is 27.6. The summed E-state index contributed by atoms with van der Waals surface area (Å²) in [5, 5.41) is 32.8. The number of nitrogens with zero attached hydrogens (tertiary/aromatic N) is 2. The molecular weight excluding hydrogens is 548 g/mol. The van der Waals surface area contributed by atoms with Crippen LogP contribution in [0.2, 0.25) is 0 Å². The Morgan fingerprint density at radius 3 is 2.55 bits per heavy atom. The molecule has 222 valence electrons. The fraction of sp³-hybridized carbons (Fsp3) is 0.400. The highest BCUT2D eigenvalue weighted by Gasteiger charge is 2.58. The Labute approximate surface area is 241 Å². The number of aliphatic hydroxyl groups excluding tert-OH is 1. The van der Waals surface area contributed by atoms with Crippen molar-refractivity contribution in [1.29, 1.82) is 0 Å². The van der Waals surface area contributed by atoms with Gasteiger partial charge in [-0.15, -0.1) is 0 Å². The number of rotatable bonds is 7. The van der Waals surface area contributed by atoms with Crippen molar-refractivity contribution < 1.29 is 48.6 Å². The molecule has 12 nitrogen and oxygen atoms in total. The lowest BCUT2D eigenvalue weighted by Crippen LogP contribution is -2.69. The minimum atomic E-state index is -1.04. The van der Waals surface area contributed by atoms with E-state index in [1.165, 1.54) is 24.2 Å². The molecule has 0 unspecified atom stereocenters. The first-order valence-electron chi connectivity index (χ1n) is 13.6. The van der Waals surface area contributed by atoms with Crippen molar-refractivity contribution in [3.63, 3.8) is 0 Å². The molecule has 12 heteroatoms. The average molecular weight is 581 g/mol. The highest BCUT2D eigenvalue weighted by atomic mass is 16.7. The van der Waals surface area contributed by atoms with E-state index in [0.29, 0.717) is 45.1 Å². The molecule has 4 heterocycles. The van der Waals surface area contributed by atoms with E-state index in [0.717, 1.165) is 0 Å². The lowest BCUT2D eigenvalue weighted by atomic mass is 9.73. The first-order chi connectivity index (χ1) is 20.3. The van der Waals surface area contributed by atoms with Gasteiger partial charge in [0.25, 0.3) is 0 Å². The van der Waals surface area contributed by atoms with Crippen LogP contribution in [0, 0.1) is 6.92 Å². The number of carbonyl (C=O) groups is 2. The highest BCUT2D eigenvalue weighted by Crippen LogP contribution is 2.58. The molecule has 42 heavy (non-hydrogen) atoms. The third-order valence-electron chi connectivity index (χ3n) is 8.44. The van der Waals surface area contributed by atoms with E-state index >= 15 is 0 Å². The zero-order valence-electron chi connectivity index (χ0n) is 23.3. The number of aliphatic hydroxyl groups is 1. The van der Waals surface area contributed by atoms with Gasteiger partial charge >= 0.3 is 6.09 Å². The van der Waals surface area contributed by atoms with E-state index in [4.69, 9.17) is 23.7 Å². The molecular formula is C30H32N2O10. The normalized spacial score (nSPS) is 23.0. The molecule has 0 aliphatic carbocycles. The monoisotopic (exact) mass is 580 g/mol. The van der Waals surface area contributed by atoms with Crippen LogP contribution in [0.1, 0.15) is 39.9 Å². The van der Waals surface area contributed by atoms with Crippen LogP contribution in [0.3, 0.4) is 0 Å². The van der Waals surface area contributed by atoms with Gasteiger partial charge in [-0.1, -0.05) is 25.3 Å². The van der Waals surface area contributed by atoms with Crippen LogP contribution >= 0.6 is 0 Å². The van der Waals surface area contributed by atoms with Crippen molar-refractivity contribution in [2.45, 2.75) is 43.9 Å². The van der Waals surface area contributed by atoms with Crippen molar-refractivity contribution in [3.8, 4) is 34.5 Å². The van der Waals surface area contributed by atoms with E-state index in [1.807, 2.05) is 6.92 Å². The largest absolute Gasteiger partial charge is 0.504 e. The predicted molar refractivity (Wildman–Crippen MR) is 147 cm³/mol. The van der Waals surface area contributed by atoms with Gasteiger partial charge < -0.3 is 43.9 Å². The van der Waals surface area contributed by atoms with Gasteiger partial charge in [0.1, 0.15) is 25.0 Å². The Kier molecular flexibility index (Phi) is 6.80. The summed E-state index contributed by atoms with van der Waals surface area (Å²) in [4.78, 5) is 30.8. The molecule has 6 rings (SSSR count). The molecule has 2 aromatic carbocycles. The minimum Gasteiger partial charge on any atom is -0.504 e. The van der Waals surface area contributed by atoms with Crippen molar-refractivity contribution in [2.75, 3.05) is 33.7 Å². The SMILES string of the molecule is C=CCOC(=O)N1[C@@H]2c3c(cc(O)c(OC)c3O)C[C@H]1C(=O)N1[C@H](CO)c3c(c(OCC=C)c(C)c4c3OCO4)C[C@H]21. The smallest absolute Gasteiger partial charge is 0.411 e. The van der Waals surface area contributed by atoms with E-state index in [1.54, 1.807) is 11.0 Å². The number of ether oxygens (including phenoxy) is 5. The topological polar surface area (TPSA) is 147 Å². The first-order valence-corrected chi connectivity index (χ1v) is 13.6. The second kappa shape index (κ2) is 10.4. The second-order valence-electron chi connectivity index (χ2n) is 10.5. The van der Waals surface area contributed by atoms with E-state index in [2.05, 4.69) is 13.2 Å². The number of hydrogen-bond acceptors (Lipinski definition) is 10. The van der Waals surface area contributed by atoms with Crippen molar-refractivity contribution in [3.05, 3.63) is 59.2 Å². The van der Waals surface area contributed by atoms with Gasteiger partial charge in [0.15, 0.2) is 23.0 Å². The number of aromatic hydroxyl groups is 2. The van der Waals surface area contributed by atoms with Crippen LogP contribution in [0.25, 0.3) is 0 Å². The average Bonchev–Trinajstić information content (AvgIpc) is 3.47. The third kappa shape index (κ3) is 3.78. The number of phenols is 2. The second-order valence-corrected chi connectivity index (χ2v) is 10.5. The van der Waals surface area contributed by atoms with Crippen LogP contribution in [0.4, 0.5) is 4.79 Å². The van der Waals surface area contributed by atoms with Gasteiger partial charge in [-0.05, 0) is 25.0 Å². The van der Waals surface area contributed by atoms with Gasteiger partial charge in [-0.25, -0.2) is 4.79 Å². The molecule has 0 radical (unpaired) electrons. The Hall–Kier alpha value is -4.58. The molecule has 4 aliphatic heterocycles. The maximum Gasteiger partial charge on any atom is 0.411 e. The van der Waals surface area contributed by atoms with Crippen molar-refractivity contribution in [1.82, 2.24) is 9.80 Å². The summed E-state index contributed by atoms with van der Waals surface area (Å²) in [5.74, 6) is 0.218. The Morgan fingerprint density at radius 2 is 1.86 bits per heavy atom. The highest BCUT2D eigenvalue weighted by molar-refractivity contribution is 5.91. The number of fused-ring (bicyclic) bond motifs is 9. The summed E-state index contributed by atoms with van der Waals surface area (Å²) in [6, 6.07) is -2.16. The molecule has 4 atom stereocenters. The summed E-state index contributed by atoms with van der Waals surface area (Å²) >= 11 is 0. The molecule has 2 amide bonds. The maximum atomic E-state index is 14.3. The quantitative estimate of drug-likeness (QED) is 0.418. The number of phenolic OH excluding ortho intramolecular Hbond substituents is 2. The lowest BCUT2D eigenvalue weighted by molar-refractivity contribution is -0.158. The molecule has 0 saturated carbocycles. The molecule has 1 fully saturated rings. The standard InChI is InChI=1S/C30H32N2O10/c1-5-7-39-25-14(3)26-28(42-13-41-26)22-16(25)11-17-23-21-15(10-20(34)27(38-4)24(21)35)9-18(29(36)31(17)19(22)12-33)32(23)30(37)40-8-6-2/h5-6,10,17-19,23,33-35H,1-2,7-9,11-13H2,3-4H3/t17-,18+,19-,23+/m1/s1. The zero-order chi connectivity index (χ0) is 29.9. The zero-order valence-corrected chi connectivity index (χ0v) is 23.3. The van der Waals surface area contributed by atoms with Crippen LogP contribution in [0.5, 0.6) is 34.5 Å². The van der Waals surface area contributed by atoms with Gasteiger partial charge in [0.05, 0.1) is 31.8 Å². The molecule has 0 aromatic heterocycles. The van der Waals surface area contributed by atoms with Gasteiger partial charge in [-0.3, -0.25) is 9.69 Å². The Morgan fingerprint density at radius 1 is 1.12 bits per heavy atom. The molecule has 1 saturated heterocycles. The molecule has 2 aromatic rings. The van der Waals surface area contributed by atoms with Crippen LogP contribution in [0.15, 0.2) is 31.4 Å². The number of amides is 2. The van der Waals surface area contributed by atoms with Gasteiger partial charge in [0.2, 0.25) is 18.4 Å². The number of carbonyl (C=O) groups excluding carboxylic acids is 2. The van der Waals surface area contributed by atoms with Gasteiger partial charge in [0, 0.05) is 28.7 Å². The molecule has 3 N–H and O–H groups in total. The lowest BCUT2D eigenvalue weighted by Gasteiger charge is -2.57. The summed E-state index contributed by atoms with van der Waals surface area (Å²) in [7, 11) is 1.31. The number of piperazine rings is 1. The minimum absolute atomic E-state index is 0.00743. The summed E-state index contributed by atoms with van der Waals surface area (Å²) in [6.45, 7) is 8.82. The molecule has 4 aliphatic rings. The van der Waals surface area contributed by atoms with Crippen molar-refractivity contribution >= 4 is 12.0 Å². The number of methoxy groups -OCH3 is 1. The van der Waals surface area contributed by atoms with Crippen LogP contribution in [-0.4, -0.2) is 82.9 Å². The van der Waals surface area contributed by atoms with E-state index in [-0.39, 0.29) is 50.1 Å². The summed E-state index contributed by atoms with van der Waals surface area (Å²) < 4.78 is 28.5. The predicted octanol–water partition coefficient (Wildman–Crippen LogP) is 2.80. The van der Waals surface area contributed by atoms with E-state index in [9.17, 15) is 24.9 Å². The fourth-order valence-electron chi connectivity index (χ4n) is 6.92. The number of hydrogen-bond donors (Lipinski definition) is 3. The number of benzene rings is 2. The van der Waals surface area contributed by atoms with E-state index < -0.39 is 42.8 Å². The van der Waals surface area contributed by atoms with Crippen molar-refractivity contribution in [2.24, 2.45) is 0 Å². The molecule has 0 spiro atoms. The Bertz CT molecular complexity index is 1500. The van der Waals surface area contributed by atoms with Crippen LogP contribution < -0.4 is 18.9 Å². The maximum absolute atomic E-state index is 14.3. The summed E-state index contributed by atoms with van der Waals surface area (Å²) in [6.07, 6.45) is 2.44. The fourth-order valence-corrected chi connectivity index (χ4v) is 6.92. The molecule has 2 bridgehead atoms. The third-order valence-corrected chi connectivity index (χ3v) is 8.44. The van der Waals surface area contributed by atoms with Crippen LogP contribution in [-0.2, 0) is 22.4 Å².